The van der Waals surface area contributed by atoms with Crippen molar-refractivity contribution in [3.63, 3.8) is 0 Å². The highest BCUT2D eigenvalue weighted by Gasteiger charge is 2.06. The van der Waals surface area contributed by atoms with E-state index in [9.17, 15) is 0 Å². The number of benzene rings is 1. The molecule has 0 aliphatic rings. The fraction of sp³-hybridized carbons (Fsp3) is 0.538. The molecule has 2 nitrogen and oxygen atoms in total. The molecule has 1 atom stereocenters. The molecule has 1 rings (SSSR count). The molecule has 84 valence electrons. The van der Waals surface area contributed by atoms with Crippen LogP contribution in [0, 0.1) is 0 Å². The average molecular weight is 206 g/mol. The first-order valence-corrected chi connectivity index (χ1v) is 5.58. The lowest BCUT2D eigenvalue weighted by Gasteiger charge is -2.20. The number of nitrogens with one attached hydrogen (secondary N) is 1. The Morgan fingerprint density at radius 2 is 1.87 bits per heavy atom. The van der Waals surface area contributed by atoms with E-state index >= 15 is 0 Å². The van der Waals surface area contributed by atoms with Crippen LogP contribution in [-0.4, -0.2) is 38.6 Å². The van der Waals surface area contributed by atoms with Gasteiger partial charge in [-0.25, -0.2) is 0 Å². The highest BCUT2D eigenvalue weighted by Crippen LogP contribution is 2.05. The molecular formula is C13H22N2. The summed E-state index contributed by atoms with van der Waals surface area (Å²) in [7, 11) is 6.28. The first-order valence-electron chi connectivity index (χ1n) is 5.58. The number of aryl methyl sites for hydroxylation is 1. The quantitative estimate of drug-likeness (QED) is 0.763. The van der Waals surface area contributed by atoms with Gasteiger partial charge in [-0.1, -0.05) is 30.3 Å². The number of hydrogen-bond donors (Lipinski definition) is 1. The first-order chi connectivity index (χ1) is 7.22. The van der Waals surface area contributed by atoms with E-state index in [0.29, 0.717) is 6.04 Å². The maximum Gasteiger partial charge on any atom is 0.0194 e. The second kappa shape index (κ2) is 6.59. The van der Waals surface area contributed by atoms with Crippen LogP contribution in [0.15, 0.2) is 30.3 Å². The maximum absolute atomic E-state index is 3.36. The molecule has 0 unspecified atom stereocenters. The minimum Gasteiger partial charge on any atom is -0.316 e. The molecule has 0 amide bonds. The Kier molecular flexibility index (Phi) is 5.37. The van der Waals surface area contributed by atoms with Crippen molar-refractivity contribution >= 4 is 0 Å². The molecule has 0 radical (unpaired) electrons. The van der Waals surface area contributed by atoms with Crippen molar-refractivity contribution in [1.82, 2.24) is 10.2 Å². The van der Waals surface area contributed by atoms with Gasteiger partial charge in [0, 0.05) is 12.6 Å². The van der Waals surface area contributed by atoms with E-state index in [-0.39, 0.29) is 0 Å². The Hall–Kier alpha value is -0.860. The van der Waals surface area contributed by atoms with Crippen LogP contribution in [0.5, 0.6) is 0 Å². The normalized spacial score (nSPS) is 13.1. The summed E-state index contributed by atoms with van der Waals surface area (Å²) in [4.78, 5) is 2.23. The molecule has 0 heterocycles. The number of likely N-dealkylation sites (N-methyl/N-ethyl adjacent to an activating group) is 2. The van der Waals surface area contributed by atoms with Crippen LogP contribution >= 0.6 is 0 Å². The van der Waals surface area contributed by atoms with Crippen LogP contribution in [0.3, 0.4) is 0 Å². The second-order valence-corrected chi connectivity index (χ2v) is 4.27. The Balaban J connectivity index is 2.34. The molecule has 15 heavy (non-hydrogen) atoms. The zero-order valence-corrected chi connectivity index (χ0v) is 10.0. The molecule has 0 bridgehead atoms. The SMILES string of the molecule is CN[C@@H](CCc1ccccc1)CN(C)C. The highest BCUT2D eigenvalue weighted by molar-refractivity contribution is 5.14. The maximum atomic E-state index is 3.36. The summed E-state index contributed by atoms with van der Waals surface area (Å²) in [5.41, 5.74) is 1.43. The van der Waals surface area contributed by atoms with Crippen molar-refractivity contribution in [2.24, 2.45) is 0 Å². The summed E-state index contributed by atoms with van der Waals surface area (Å²) in [5, 5.41) is 3.36. The van der Waals surface area contributed by atoms with E-state index in [1.165, 1.54) is 12.0 Å². The molecular weight excluding hydrogens is 184 g/mol. The van der Waals surface area contributed by atoms with Gasteiger partial charge in [0.25, 0.3) is 0 Å². The smallest absolute Gasteiger partial charge is 0.0194 e. The average Bonchev–Trinajstić information content (AvgIpc) is 2.25. The van der Waals surface area contributed by atoms with E-state index in [1.54, 1.807) is 0 Å². The van der Waals surface area contributed by atoms with Gasteiger partial charge in [0.1, 0.15) is 0 Å². The van der Waals surface area contributed by atoms with Crippen molar-refractivity contribution in [3.8, 4) is 0 Å². The summed E-state index contributed by atoms with van der Waals surface area (Å²) >= 11 is 0. The molecule has 0 aromatic heterocycles. The van der Waals surface area contributed by atoms with Gasteiger partial charge in [0.05, 0.1) is 0 Å². The summed E-state index contributed by atoms with van der Waals surface area (Å²) in [6.45, 7) is 1.10. The highest BCUT2D eigenvalue weighted by atomic mass is 15.1. The van der Waals surface area contributed by atoms with E-state index in [0.717, 1.165) is 13.0 Å². The number of nitrogens with zero attached hydrogens (tertiary/aromatic N) is 1. The molecule has 0 aliphatic heterocycles. The molecule has 1 N–H and O–H groups in total. The third-order valence-corrected chi connectivity index (χ3v) is 2.62. The topological polar surface area (TPSA) is 15.3 Å². The monoisotopic (exact) mass is 206 g/mol. The molecule has 0 saturated heterocycles. The largest absolute Gasteiger partial charge is 0.316 e. The Labute approximate surface area is 93.3 Å². The Bertz CT molecular complexity index is 256. The molecule has 0 spiro atoms. The summed E-state index contributed by atoms with van der Waals surface area (Å²) in [6.07, 6.45) is 2.35. The van der Waals surface area contributed by atoms with Crippen LogP contribution < -0.4 is 5.32 Å². The molecule has 0 saturated carbocycles. The fourth-order valence-corrected chi connectivity index (χ4v) is 1.75. The lowest BCUT2D eigenvalue weighted by molar-refractivity contribution is 0.337. The van der Waals surface area contributed by atoms with Crippen molar-refractivity contribution < 1.29 is 0 Å². The predicted molar refractivity (Wildman–Crippen MR) is 66.2 cm³/mol. The van der Waals surface area contributed by atoms with Crippen molar-refractivity contribution in [1.29, 1.82) is 0 Å². The van der Waals surface area contributed by atoms with Gasteiger partial charge in [-0.2, -0.15) is 0 Å². The molecule has 0 aliphatic carbocycles. The molecule has 1 aromatic rings. The van der Waals surface area contributed by atoms with Crippen molar-refractivity contribution in [2.75, 3.05) is 27.7 Å². The minimum atomic E-state index is 0.584. The first kappa shape index (κ1) is 12.2. The molecule has 2 heteroatoms. The van der Waals surface area contributed by atoms with Crippen LogP contribution in [0.25, 0.3) is 0 Å². The van der Waals surface area contributed by atoms with Crippen LogP contribution in [0.4, 0.5) is 0 Å². The fourth-order valence-electron chi connectivity index (χ4n) is 1.75. The van der Waals surface area contributed by atoms with Crippen LogP contribution in [0.1, 0.15) is 12.0 Å². The summed E-state index contributed by atoms with van der Waals surface area (Å²) in [5.74, 6) is 0. The lowest BCUT2D eigenvalue weighted by Crippen LogP contribution is -2.36. The van der Waals surface area contributed by atoms with Gasteiger partial charge in [-0.05, 0) is 39.5 Å². The van der Waals surface area contributed by atoms with Gasteiger partial charge in [-0.3, -0.25) is 0 Å². The van der Waals surface area contributed by atoms with Crippen molar-refractivity contribution in [3.05, 3.63) is 35.9 Å². The van der Waals surface area contributed by atoms with Gasteiger partial charge in [0.2, 0.25) is 0 Å². The van der Waals surface area contributed by atoms with Gasteiger partial charge >= 0.3 is 0 Å². The zero-order valence-electron chi connectivity index (χ0n) is 10.0. The Morgan fingerprint density at radius 1 is 1.20 bits per heavy atom. The van der Waals surface area contributed by atoms with Gasteiger partial charge in [-0.15, -0.1) is 0 Å². The Morgan fingerprint density at radius 3 is 2.40 bits per heavy atom. The van der Waals surface area contributed by atoms with E-state index < -0.39 is 0 Å². The molecule has 0 fully saturated rings. The predicted octanol–water partition coefficient (Wildman–Crippen LogP) is 1.77. The van der Waals surface area contributed by atoms with E-state index in [4.69, 9.17) is 0 Å². The third kappa shape index (κ3) is 4.96. The molecule has 1 aromatic carbocycles. The van der Waals surface area contributed by atoms with E-state index in [1.807, 2.05) is 7.05 Å². The van der Waals surface area contributed by atoms with Crippen LogP contribution in [0.2, 0.25) is 0 Å². The number of rotatable bonds is 6. The number of hydrogen-bond acceptors (Lipinski definition) is 2. The zero-order chi connectivity index (χ0) is 11.1. The summed E-state index contributed by atoms with van der Waals surface area (Å²) < 4.78 is 0. The summed E-state index contributed by atoms with van der Waals surface area (Å²) in [6, 6.07) is 11.3. The standard InChI is InChI=1S/C13H22N2/c1-14-13(11-15(2)3)10-9-12-7-5-4-6-8-12/h4-8,13-14H,9-11H2,1-3H3/t13-/m0/s1. The third-order valence-electron chi connectivity index (χ3n) is 2.62. The van der Waals surface area contributed by atoms with Crippen molar-refractivity contribution in [2.45, 2.75) is 18.9 Å². The van der Waals surface area contributed by atoms with Gasteiger partial charge < -0.3 is 10.2 Å². The van der Waals surface area contributed by atoms with Crippen LogP contribution in [-0.2, 0) is 6.42 Å². The van der Waals surface area contributed by atoms with E-state index in [2.05, 4.69) is 54.6 Å². The minimum absolute atomic E-state index is 0.584. The second-order valence-electron chi connectivity index (χ2n) is 4.27. The van der Waals surface area contributed by atoms with Gasteiger partial charge in [0.15, 0.2) is 0 Å². The lowest BCUT2D eigenvalue weighted by atomic mass is 10.1.